The van der Waals surface area contributed by atoms with E-state index in [1.54, 1.807) is 36.0 Å². The SMILES string of the molecule is O=C(COc1ccc(-n2cnnn2)cc1)Nc1nnc(SCc2ccccc2)s1. The first-order valence-electron chi connectivity index (χ1n) is 8.52. The zero-order valence-electron chi connectivity index (χ0n) is 15.0. The van der Waals surface area contributed by atoms with E-state index in [0.717, 1.165) is 15.8 Å². The minimum Gasteiger partial charge on any atom is -0.484 e. The van der Waals surface area contributed by atoms with Crippen molar-refractivity contribution in [3.05, 3.63) is 66.5 Å². The fraction of sp³-hybridized carbons (Fsp3) is 0.111. The Kier molecular flexibility index (Phi) is 6.07. The summed E-state index contributed by atoms with van der Waals surface area (Å²) in [6.07, 6.45) is 1.50. The minimum absolute atomic E-state index is 0.129. The molecule has 0 saturated carbocycles. The van der Waals surface area contributed by atoms with E-state index >= 15 is 0 Å². The number of rotatable bonds is 8. The lowest BCUT2D eigenvalue weighted by Crippen LogP contribution is -2.20. The van der Waals surface area contributed by atoms with E-state index in [1.807, 2.05) is 18.2 Å². The first-order chi connectivity index (χ1) is 14.3. The summed E-state index contributed by atoms with van der Waals surface area (Å²) in [5, 5.41) is 22.2. The van der Waals surface area contributed by atoms with Crippen molar-refractivity contribution in [2.24, 2.45) is 0 Å². The third-order valence-corrected chi connectivity index (χ3v) is 5.72. The van der Waals surface area contributed by atoms with Gasteiger partial charge >= 0.3 is 0 Å². The smallest absolute Gasteiger partial charge is 0.264 e. The summed E-state index contributed by atoms with van der Waals surface area (Å²) in [5.41, 5.74) is 2.00. The highest BCUT2D eigenvalue weighted by Crippen LogP contribution is 2.28. The molecule has 4 rings (SSSR count). The Morgan fingerprint density at radius 3 is 2.69 bits per heavy atom. The van der Waals surface area contributed by atoms with Gasteiger partial charge in [0, 0.05) is 5.75 Å². The molecule has 0 bridgehead atoms. The topological polar surface area (TPSA) is 108 Å². The van der Waals surface area contributed by atoms with Gasteiger partial charge in [0.1, 0.15) is 12.1 Å². The van der Waals surface area contributed by atoms with Crippen LogP contribution in [0.3, 0.4) is 0 Å². The normalized spacial score (nSPS) is 10.6. The number of nitrogens with zero attached hydrogens (tertiary/aromatic N) is 6. The third-order valence-electron chi connectivity index (χ3n) is 3.68. The zero-order valence-corrected chi connectivity index (χ0v) is 16.6. The molecule has 29 heavy (non-hydrogen) atoms. The van der Waals surface area contributed by atoms with E-state index < -0.39 is 0 Å². The Morgan fingerprint density at radius 2 is 1.93 bits per heavy atom. The highest BCUT2D eigenvalue weighted by atomic mass is 32.2. The molecule has 0 spiro atoms. The molecule has 2 heterocycles. The fourth-order valence-electron chi connectivity index (χ4n) is 2.32. The predicted molar refractivity (Wildman–Crippen MR) is 109 cm³/mol. The van der Waals surface area contributed by atoms with Gasteiger partial charge in [-0.2, -0.15) is 0 Å². The van der Waals surface area contributed by atoms with E-state index in [2.05, 4.69) is 43.2 Å². The number of carbonyl (C=O) groups excluding carboxylic acids is 1. The number of aromatic nitrogens is 6. The summed E-state index contributed by atoms with van der Waals surface area (Å²) in [4.78, 5) is 12.1. The molecule has 1 amide bonds. The van der Waals surface area contributed by atoms with Crippen LogP contribution in [0.2, 0.25) is 0 Å². The second kappa shape index (κ2) is 9.26. The Bertz CT molecular complexity index is 1050. The van der Waals surface area contributed by atoms with E-state index in [1.165, 1.54) is 27.9 Å². The maximum atomic E-state index is 12.1. The van der Waals surface area contributed by atoms with Crippen LogP contribution < -0.4 is 10.1 Å². The van der Waals surface area contributed by atoms with Crippen molar-refractivity contribution in [3.8, 4) is 11.4 Å². The Morgan fingerprint density at radius 1 is 1.10 bits per heavy atom. The molecule has 0 atom stereocenters. The monoisotopic (exact) mass is 425 g/mol. The van der Waals surface area contributed by atoms with Gasteiger partial charge in [-0.1, -0.05) is 53.4 Å². The van der Waals surface area contributed by atoms with E-state index in [4.69, 9.17) is 4.74 Å². The lowest BCUT2D eigenvalue weighted by molar-refractivity contribution is -0.118. The number of anilines is 1. The Hall–Kier alpha value is -3.31. The van der Waals surface area contributed by atoms with Crippen molar-refractivity contribution < 1.29 is 9.53 Å². The second-order valence-corrected chi connectivity index (χ2v) is 7.93. The maximum absolute atomic E-state index is 12.1. The van der Waals surface area contributed by atoms with Crippen molar-refractivity contribution in [2.75, 3.05) is 11.9 Å². The highest BCUT2D eigenvalue weighted by Gasteiger charge is 2.10. The van der Waals surface area contributed by atoms with Gasteiger partial charge in [-0.25, -0.2) is 4.68 Å². The molecule has 0 aliphatic heterocycles. The first kappa shape index (κ1) is 19.0. The van der Waals surface area contributed by atoms with Gasteiger partial charge in [0.05, 0.1) is 5.69 Å². The minimum atomic E-state index is -0.301. The van der Waals surface area contributed by atoms with Crippen LogP contribution in [0.1, 0.15) is 5.56 Å². The molecular formula is C18H15N7O2S2. The quantitative estimate of drug-likeness (QED) is 0.339. The van der Waals surface area contributed by atoms with Gasteiger partial charge in [0.25, 0.3) is 5.91 Å². The van der Waals surface area contributed by atoms with Gasteiger partial charge in [0.15, 0.2) is 10.9 Å². The van der Waals surface area contributed by atoms with E-state index in [-0.39, 0.29) is 12.5 Å². The fourth-order valence-corrected chi connectivity index (χ4v) is 4.04. The van der Waals surface area contributed by atoms with Crippen molar-refractivity contribution in [3.63, 3.8) is 0 Å². The number of nitrogens with one attached hydrogen (secondary N) is 1. The van der Waals surface area contributed by atoms with Crippen LogP contribution >= 0.6 is 23.1 Å². The Labute approximate surface area is 174 Å². The molecule has 2 aromatic heterocycles. The molecule has 4 aromatic rings. The number of thioether (sulfide) groups is 1. The van der Waals surface area contributed by atoms with E-state index in [0.29, 0.717) is 10.9 Å². The van der Waals surface area contributed by atoms with Crippen LogP contribution in [0.15, 0.2) is 65.3 Å². The van der Waals surface area contributed by atoms with Gasteiger partial charge in [-0.15, -0.1) is 15.3 Å². The van der Waals surface area contributed by atoms with Gasteiger partial charge in [-0.3, -0.25) is 10.1 Å². The maximum Gasteiger partial charge on any atom is 0.264 e. The summed E-state index contributed by atoms with van der Waals surface area (Å²) >= 11 is 2.91. The molecule has 11 heteroatoms. The van der Waals surface area contributed by atoms with Crippen LogP contribution in [-0.4, -0.2) is 42.9 Å². The average molecular weight is 425 g/mol. The molecule has 0 radical (unpaired) electrons. The third kappa shape index (κ3) is 5.36. The number of ether oxygens (including phenoxy) is 1. The van der Waals surface area contributed by atoms with Crippen molar-refractivity contribution in [1.82, 2.24) is 30.4 Å². The van der Waals surface area contributed by atoms with Gasteiger partial charge < -0.3 is 4.74 Å². The summed E-state index contributed by atoms with van der Waals surface area (Å²) in [7, 11) is 0. The molecule has 1 N–H and O–H groups in total. The average Bonchev–Trinajstić information content (AvgIpc) is 3.44. The number of hydrogen-bond donors (Lipinski definition) is 1. The molecule has 0 aliphatic carbocycles. The molecule has 0 saturated heterocycles. The van der Waals surface area contributed by atoms with Crippen LogP contribution in [0.4, 0.5) is 5.13 Å². The van der Waals surface area contributed by atoms with Crippen LogP contribution in [0.5, 0.6) is 5.75 Å². The molecule has 0 aliphatic rings. The summed E-state index contributed by atoms with van der Waals surface area (Å²) in [6.45, 7) is -0.129. The van der Waals surface area contributed by atoms with Gasteiger partial charge in [0.2, 0.25) is 5.13 Å². The van der Waals surface area contributed by atoms with Crippen LogP contribution in [0.25, 0.3) is 5.69 Å². The molecule has 146 valence electrons. The summed E-state index contributed by atoms with van der Waals surface area (Å²) in [5.74, 6) is 1.06. The second-order valence-electron chi connectivity index (χ2n) is 5.73. The largest absolute Gasteiger partial charge is 0.484 e. The number of carbonyl (C=O) groups is 1. The number of hydrogen-bond acceptors (Lipinski definition) is 9. The van der Waals surface area contributed by atoms with Crippen molar-refractivity contribution in [1.29, 1.82) is 0 Å². The van der Waals surface area contributed by atoms with E-state index in [9.17, 15) is 4.79 Å². The van der Waals surface area contributed by atoms with Crippen molar-refractivity contribution in [2.45, 2.75) is 10.1 Å². The Balaban J connectivity index is 1.24. The van der Waals surface area contributed by atoms with Crippen LogP contribution in [-0.2, 0) is 10.5 Å². The van der Waals surface area contributed by atoms with Gasteiger partial charge in [-0.05, 0) is 40.3 Å². The molecule has 2 aromatic carbocycles. The standard InChI is InChI=1S/C18H15N7O2S2/c26-16(10-27-15-8-6-14(7-9-15)25-12-19-23-24-25)20-17-21-22-18(29-17)28-11-13-4-2-1-3-5-13/h1-9,12H,10-11H2,(H,20,21,26). The highest BCUT2D eigenvalue weighted by molar-refractivity contribution is 8.00. The number of amides is 1. The number of tetrazole rings is 1. The number of benzene rings is 2. The molecular weight excluding hydrogens is 410 g/mol. The first-order valence-corrected chi connectivity index (χ1v) is 10.3. The summed E-state index contributed by atoms with van der Waals surface area (Å²) in [6, 6.07) is 17.2. The zero-order chi connectivity index (χ0) is 19.9. The lowest BCUT2D eigenvalue weighted by Gasteiger charge is -2.06. The predicted octanol–water partition coefficient (Wildman–Crippen LogP) is 2.82. The lowest BCUT2D eigenvalue weighted by atomic mass is 10.2. The van der Waals surface area contributed by atoms with Crippen molar-refractivity contribution >= 4 is 34.1 Å². The molecule has 9 nitrogen and oxygen atoms in total. The molecule has 0 unspecified atom stereocenters. The van der Waals surface area contributed by atoms with Crippen LogP contribution in [0, 0.1) is 0 Å². The summed E-state index contributed by atoms with van der Waals surface area (Å²) < 4.78 is 7.82. The molecule has 0 fully saturated rings.